The minimum atomic E-state index is -1.64. The standard InChI is InChI=1S/C65H107NO10/c1-4-7-10-13-16-19-22-25-26-27-28-29-30-31-32-33-34-35-38-41-44-47-50-53-60(70)76-63-62(72)61(71)59(54-67)75-65(63)74-55-56(57(68)51-48-45-42-39-36-23-20-17-14-11-8-5-2)66-64(73)58(69)52-49-46-43-40-37-24-21-18-15-12-9-6-3/h7,9-10,12,15-16,18-19,21,24-26,28-29,31-32,34-35,48,51,56-59,61-63,65,67-69,71-72H,4-6,8,11,13-14,17,20,22-23,27,30,33,36-47,49-50,52-55H2,1-3H3,(H,66,73)/b10-7-,12-9+,18-15+,19-16-,24-21-,26-25-,29-28-,32-31-,35-34-,51-48+. The SMILES string of the molecule is CC/C=C\C/C=C\C/C=C\C/C=C\C/C=C\C/C=C\CCCCCCC(=O)OC1C(OCC(NC(=O)C(O)CCCCCC\C=C/C=C/C=C/CC)C(O)/C=C/CCCCCCCCCCCC)OC(CO)C(O)C1O. The summed E-state index contributed by atoms with van der Waals surface area (Å²) in [6.45, 7) is 5.48. The molecule has 11 heteroatoms. The van der Waals surface area contributed by atoms with E-state index < -0.39 is 67.4 Å². The number of ether oxygens (including phenoxy) is 3. The van der Waals surface area contributed by atoms with E-state index in [4.69, 9.17) is 14.2 Å². The van der Waals surface area contributed by atoms with Crippen molar-refractivity contribution >= 4 is 11.9 Å². The number of aliphatic hydroxyl groups is 5. The van der Waals surface area contributed by atoms with Gasteiger partial charge in [-0.2, -0.15) is 0 Å². The molecular formula is C65H107NO10. The van der Waals surface area contributed by atoms with E-state index in [0.717, 1.165) is 122 Å². The van der Waals surface area contributed by atoms with Gasteiger partial charge >= 0.3 is 5.97 Å². The van der Waals surface area contributed by atoms with Crippen LogP contribution in [0.25, 0.3) is 0 Å². The Kier molecular flexibility index (Phi) is 47.8. The van der Waals surface area contributed by atoms with Crippen LogP contribution in [0.1, 0.15) is 213 Å². The smallest absolute Gasteiger partial charge is 0.306 e. The molecule has 8 atom stereocenters. The zero-order valence-electron chi connectivity index (χ0n) is 47.6. The molecule has 11 nitrogen and oxygen atoms in total. The first-order valence-corrected chi connectivity index (χ1v) is 29.8. The van der Waals surface area contributed by atoms with Crippen LogP contribution >= 0.6 is 0 Å². The largest absolute Gasteiger partial charge is 0.454 e. The number of carbonyl (C=O) groups excluding carboxylic acids is 2. The summed E-state index contributed by atoms with van der Waals surface area (Å²) < 4.78 is 17.6. The quantitative estimate of drug-likeness (QED) is 0.0149. The Labute approximate surface area is 461 Å². The molecule has 1 aliphatic heterocycles. The number of hydrogen-bond donors (Lipinski definition) is 6. The molecule has 0 aromatic heterocycles. The molecule has 1 saturated heterocycles. The van der Waals surface area contributed by atoms with Gasteiger partial charge in [0.15, 0.2) is 12.4 Å². The van der Waals surface area contributed by atoms with E-state index >= 15 is 0 Å². The minimum absolute atomic E-state index is 0.0837. The second-order valence-corrected chi connectivity index (χ2v) is 20.0. The first kappa shape index (κ1) is 70.1. The first-order valence-electron chi connectivity index (χ1n) is 29.8. The van der Waals surface area contributed by atoms with Gasteiger partial charge in [0.2, 0.25) is 5.91 Å². The van der Waals surface area contributed by atoms with Crippen LogP contribution in [0.2, 0.25) is 0 Å². The summed E-state index contributed by atoms with van der Waals surface area (Å²) in [5, 5.41) is 56.8. The molecule has 0 spiro atoms. The second kappa shape index (κ2) is 51.8. The van der Waals surface area contributed by atoms with Crippen LogP contribution in [0.3, 0.4) is 0 Å². The molecule has 1 heterocycles. The van der Waals surface area contributed by atoms with Crippen molar-refractivity contribution in [3.63, 3.8) is 0 Å². The number of hydrogen-bond acceptors (Lipinski definition) is 10. The van der Waals surface area contributed by atoms with Gasteiger partial charge in [-0.3, -0.25) is 9.59 Å². The third-order valence-corrected chi connectivity index (χ3v) is 13.2. The van der Waals surface area contributed by atoms with E-state index in [2.05, 4.69) is 111 Å². The molecule has 6 N–H and O–H groups in total. The molecule has 1 aliphatic rings. The highest BCUT2D eigenvalue weighted by molar-refractivity contribution is 5.80. The van der Waals surface area contributed by atoms with E-state index in [1.807, 2.05) is 30.4 Å². The average Bonchev–Trinajstić information content (AvgIpc) is 3.42. The van der Waals surface area contributed by atoms with Gasteiger partial charge in [-0.25, -0.2) is 0 Å². The number of nitrogens with one attached hydrogen (secondary N) is 1. The zero-order valence-corrected chi connectivity index (χ0v) is 47.6. The van der Waals surface area contributed by atoms with E-state index in [9.17, 15) is 35.1 Å². The number of amides is 1. The highest BCUT2D eigenvalue weighted by Crippen LogP contribution is 2.26. The van der Waals surface area contributed by atoms with E-state index in [1.165, 1.54) is 44.9 Å². The van der Waals surface area contributed by atoms with Crippen LogP contribution in [0.4, 0.5) is 0 Å². The third-order valence-electron chi connectivity index (χ3n) is 13.2. The van der Waals surface area contributed by atoms with E-state index in [-0.39, 0.29) is 19.4 Å². The van der Waals surface area contributed by atoms with Crippen LogP contribution in [-0.4, -0.2) is 99.6 Å². The van der Waals surface area contributed by atoms with Crippen LogP contribution in [0, 0.1) is 0 Å². The lowest BCUT2D eigenvalue weighted by Gasteiger charge is -2.41. The van der Waals surface area contributed by atoms with Gasteiger partial charge in [0.1, 0.15) is 24.4 Å². The third kappa shape index (κ3) is 39.4. The van der Waals surface area contributed by atoms with E-state index in [1.54, 1.807) is 6.08 Å². The lowest BCUT2D eigenvalue weighted by molar-refractivity contribution is -0.305. The molecule has 0 aromatic carbocycles. The fourth-order valence-electron chi connectivity index (χ4n) is 8.48. The maximum atomic E-state index is 13.4. The molecule has 0 saturated carbocycles. The molecule has 0 radical (unpaired) electrons. The topological polar surface area (TPSA) is 175 Å². The van der Waals surface area contributed by atoms with Crippen molar-refractivity contribution in [3.8, 4) is 0 Å². The molecular weight excluding hydrogens is 955 g/mol. The Bertz CT molecular complexity index is 1690. The number of allylic oxidation sites excluding steroid dienone is 19. The normalized spacial score (nSPS) is 20.0. The van der Waals surface area contributed by atoms with Gasteiger partial charge in [0.05, 0.1) is 25.4 Å². The van der Waals surface area contributed by atoms with Crippen LogP contribution in [0.5, 0.6) is 0 Å². The van der Waals surface area contributed by atoms with E-state index in [0.29, 0.717) is 12.8 Å². The number of carbonyl (C=O) groups is 2. The van der Waals surface area contributed by atoms with Crippen LogP contribution in [0.15, 0.2) is 122 Å². The molecule has 1 fully saturated rings. The van der Waals surface area contributed by atoms with Gasteiger partial charge in [-0.1, -0.05) is 232 Å². The van der Waals surface area contributed by atoms with Crippen molar-refractivity contribution in [3.05, 3.63) is 122 Å². The fourth-order valence-corrected chi connectivity index (χ4v) is 8.48. The molecule has 1 amide bonds. The molecule has 76 heavy (non-hydrogen) atoms. The minimum Gasteiger partial charge on any atom is -0.454 e. The highest BCUT2D eigenvalue weighted by atomic mass is 16.7. The van der Waals surface area contributed by atoms with Gasteiger partial charge in [-0.15, -0.1) is 0 Å². The molecule has 432 valence electrons. The van der Waals surface area contributed by atoms with Gasteiger partial charge < -0.3 is 45.1 Å². The Balaban J connectivity index is 2.70. The molecule has 0 bridgehead atoms. The maximum absolute atomic E-state index is 13.4. The summed E-state index contributed by atoms with van der Waals surface area (Å²) in [6.07, 6.45) is 61.0. The lowest BCUT2D eigenvalue weighted by atomic mass is 9.99. The fraction of sp³-hybridized carbons (Fsp3) is 0.662. The Hall–Kier alpha value is -3.94. The van der Waals surface area contributed by atoms with Crippen LogP contribution in [-0.2, 0) is 23.8 Å². The lowest BCUT2D eigenvalue weighted by Crippen LogP contribution is -2.61. The summed E-state index contributed by atoms with van der Waals surface area (Å²) in [5.41, 5.74) is 0. The highest BCUT2D eigenvalue weighted by Gasteiger charge is 2.47. The van der Waals surface area contributed by atoms with Crippen molar-refractivity contribution in [2.45, 2.75) is 262 Å². The molecule has 0 aliphatic carbocycles. The summed E-state index contributed by atoms with van der Waals surface area (Å²) in [4.78, 5) is 26.5. The van der Waals surface area contributed by atoms with Crippen molar-refractivity contribution < 1.29 is 49.3 Å². The molecule has 0 aromatic rings. The molecule has 8 unspecified atom stereocenters. The van der Waals surface area contributed by atoms with Crippen molar-refractivity contribution in [1.29, 1.82) is 0 Å². The average molecular weight is 1060 g/mol. The summed E-state index contributed by atoms with van der Waals surface area (Å²) in [7, 11) is 0. The number of unbranched alkanes of at least 4 members (excludes halogenated alkanes) is 18. The summed E-state index contributed by atoms with van der Waals surface area (Å²) in [6, 6.07) is -1.05. The maximum Gasteiger partial charge on any atom is 0.306 e. The monoisotopic (exact) mass is 1060 g/mol. The van der Waals surface area contributed by atoms with Gasteiger partial charge in [0.25, 0.3) is 0 Å². The van der Waals surface area contributed by atoms with Crippen molar-refractivity contribution in [2.75, 3.05) is 13.2 Å². The number of esters is 1. The Morgan fingerprint density at radius 2 is 1.01 bits per heavy atom. The predicted molar refractivity (Wildman–Crippen MR) is 314 cm³/mol. The van der Waals surface area contributed by atoms with Crippen LogP contribution < -0.4 is 5.32 Å². The first-order chi connectivity index (χ1) is 37.2. The number of aliphatic hydroxyl groups excluding tert-OH is 5. The number of rotatable bonds is 48. The van der Waals surface area contributed by atoms with Crippen molar-refractivity contribution in [1.82, 2.24) is 5.32 Å². The van der Waals surface area contributed by atoms with Gasteiger partial charge in [-0.05, 0) is 96.3 Å². The summed E-state index contributed by atoms with van der Waals surface area (Å²) in [5.74, 6) is -1.25. The van der Waals surface area contributed by atoms with Crippen molar-refractivity contribution in [2.24, 2.45) is 0 Å². The predicted octanol–water partition coefficient (Wildman–Crippen LogP) is 13.9. The second-order valence-electron chi connectivity index (χ2n) is 20.0. The summed E-state index contributed by atoms with van der Waals surface area (Å²) >= 11 is 0. The Morgan fingerprint density at radius 1 is 0.539 bits per heavy atom. The zero-order chi connectivity index (χ0) is 55.4. The molecule has 1 rings (SSSR count). The Morgan fingerprint density at radius 3 is 1.57 bits per heavy atom. The van der Waals surface area contributed by atoms with Gasteiger partial charge in [0, 0.05) is 6.42 Å².